The lowest BCUT2D eigenvalue weighted by atomic mass is 9.93. The molecule has 3 rings (SSSR count). The van der Waals surface area contributed by atoms with E-state index in [2.05, 4.69) is 0 Å². The van der Waals surface area contributed by atoms with Crippen LogP contribution in [0.2, 0.25) is 0 Å². The van der Waals surface area contributed by atoms with Crippen LogP contribution in [0, 0.1) is 17.2 Å². The second kappa shape index (κ2) is 6.39. The largest absolute Gasteiger partial charge is 0.497 e. The van der Waals surface area contributed by atoms with Gasteiger partial charge in [0.15, 0.2) is 17.5 Å². The predicted octanol–water partition coefficient (Wildman–Crippen LogP) is 3.65. The molecule has 1 unspecified atom stereocenters. The molecule has 118 valence electrons. The average Bonchev–Trinajstić information content (AvgIpc) is 3.06. The van der Waals surface area contributed by atoms with E-state index >= 15 is 0 Å². The van der Waals surface area contributed by atoms with Gasteiger partial charge in [0, 0.05) is 10.9 Å². The van der Waals surface area contributed by atoms with Crippen molar-refractivity contribution >= 4 is 22.5 Å². The normalized spacial score (nSPS) is 11.7. The summed E-state index contributed by atoms with van der Waals surface area (Å²) in [6, 6.07) is 16.7. The van der Waals surface area contributed by atoms with Crippen molar-refractivity contribution < 1.29 is 18.7 Å². The Bertz CT molecular complexity index is 914. The molecule has 0 saturated heterocycles. The van der Waals surface area contributed by atoms with Gasteiger partial charge in [-0.05, 0) is 36.4 Å². The molecule has 0 bridgehead atoms. The first-order valence-electron chi connectivity index (χ1n) is 7.24. The molecule has 0 aliphatic heterocycles. The zero-order chi connectivity index (χ0) is 17.1. The molecule has 0 aliphatic rings. The standard InChI is InChI=1S/C19H13NO4/c1-23-14-8-6-12(7-9-14)18(21)15(11-20)19(22)17-10-13-4-2-3-5-16(13)24-17/h2-10,15H,1H3. The maximum absolute atomic E-state index is 12.5. The number of nitrogens with zero attached hydrogens (tertiary/aromatic N) is 1. The molecular formula is C19H13NO4. The van der Waals surface area contributed by atoms with Gasteiger partial charge in [0.25, 0.3) is 0 Å². The van der Waals surface area contributed by atoms with Crippen LogP contribution in [0.1, 0.15) is 20.9 Å². The van der Waals surface area contributed by atoms with E-state index in [1.807, 2.05) is 6.07 Å². The number of nitriles is 1. The summed E-state index contributed by atoms with van der Waals surface area (Å²) in [6.45, 7) is 0. The molecule has 0 amide bonds. The molecule has 0 spiro atoms. The molecule has 1 aromatic heterocycles. The molecule has 5 nitrogen and oxygen atoms in total. The second-order valence-electron chi connectivity index (χ2n) is 5.17. The van der Waals surface area contributed by atoms with E-state index in [9.17, 15) is 14.9 Å². The maximum atomic E-state index is 12.5. The number of para-hydroxylation sites is 1. The first-order valence-corrected chi connectivity index (χ1v) is 7.24. The van der Waals surface area contributed by atoms with E-state index in [1.54, 1.807) is 42.5 Å². The first-order chi connectivity index (χ1) is 11.6. The zero-order valence-corrected chi connectivity index (χ0v) is 12.9. The molecule has 5 heteroatoms. The van der Waals surface area contributed by atoms with Crippen LogP contribution >= 0.6 is 0 Å². The van der Waals surface area contributed by atoms with E-state index < -0.39 is 17.5 Å². The van der Waals surface area contributed by atoms with E-state index in [4.69, 9.17) is 9.15 Å². The Balaban J connectivity index is 1.90. The summed E-state index contributed by atoms with van der Waals surface area (Å²) in [4.78, 5) is 25.0. The summed E-state index contributed by atoms with van der Waals surface area (Å²) < 4.78 is 10.5. The minimum Gasteiger partial charge on any atom is -0.497 e. The van der Waals surface area contributed by atoms with Gasteiger partial charge in [-0.1, -0.05) is 18.2 Å². The van der Waals surface area contributed by atoms with Gasteiger partial charge >= 0.3 is 0 Å². The number of Topliss-reactive ketones (excluding diaryl/α,β-unsaturated/α-hetero) is 2. The number of carbonyl (C=O) groups excluding carboxylic acids is 2. The third-order valence-corrected chi connectivity index (χ3v) is 3.70. The molecule has 3 aromatic rings. The van der Waals surface area contributed by atoms with Crippen molar-refractivity contribution in [2.45, 2.75) is 0 Å². The highest BCUT2D eigenvalue weighted by Crippen LogP contribution is 2.23. The monoisotopic (exact) mass is 319 g/mol. The highest BCUT2D eigenvalue weighted by atomic mass is 16.5. The SMILES string of the molecule is COc1ccc(C(=O)C(C#N)C(=O)c2cc3ccccc3o2)cc1. The van der Waals surface area contributed by atoms with Crippen LogP contribution in [0.4, 0.5) is 0 Å². The summed E-state index contributed by atoms with van der Waals surface area (Å²) >= 11 is 0. The fourth-order valence-corrected chi connectivity index (χ4v) is 2.40. The quantitative estimate of drug-likeness (QED) is 0.530. The third-order valence-electron chi connectivity index (χ3n) is 3.70. The average molecular weight is 319 g/mol. The topological polar surface area (TPSA) is 80.3 Å². The molecule has 2 aromatic carbocycles. The van der Waals surface area contributed by atoms with Crippen molar-refractivity contribution in [3.63, 3.8) is 0 Å². The highest BCUT2D eigenvalue weighted by Gasteiger charge is 2.30. The Hall–Kier alpha value is -3.39. The van der Waals surface area contributed by atoms with Crippen molar-refractivity contribution in [1.82, 2.24) is 0 Å². The number of hydrogen-bond acceptors (Lipinski definition) is 5. The number of furan rings is 1. The lowest BCUT2D eigenvalue weighted by Gasteiger charge is -2.06. The lowest BCUT2D eigenvalue weighted by Crippen LogP contribution is -2.22. The van der Waals surface area contributed by atoms with Crippen LogP contribution in [0.25, 0.3) is 11.0 Å². The number of benzene rings is 2. The molecular weight excluding hydrogens is 306 g/mol. The van der Waals surface area contributed by atoms with Gasteiger partial charge in [-0.15, -0.1) is 0 Å². The Kier molecular flexibility index (Phi) is 4.13. The molecule has 1 atom stereocenters. The highest BCUT2D eigenvalue weighted by molar-refractivity contribution is 6.17. The number of fused-ring (bicyclic) bond motifs is 1. The Labute approximate surface area is 138 Å². The lowest BCUT2D eigenvalue weighted by molar-refractivity contribution is 0.0830. The van der Waals surface area contributed by atoms with Crippen LogP contribution in [-0.4, -0.2) is 18.7 Å². The maximum Gasteiger partial charge on any atom is 0.223 e. The summed E-state index contributed by atoms with van der Waals surface area (Å²) in [6.07, 6.45) is 0. The number of ketones is 2. The van der Waals surface area contributed by atoms with Crippen LogP contribution in [0.5, 0.6) is 5.75 Å². The van der Waals surface area contributed by atoms with Gasteiger partial charge in [-0.25, -0.2) is 0 Å². The molecule has 0 saturated carbocycles. The Morgan fingerprint density at radius 2 is 1.79 bits per heavy atom. The number of ether oxygens (including phenoxy) is 1. The molecule has 0 fully saturated rings. The Morgan fingerprint density at radius 1 is 1.08 bits per heavy atom. The second-order valence-corrected chi connectivity index (χ2v) is 5.17. The fourth-order valence-electron chi connectivity index (χ4n) is 2.40. The number of hydrogen-bond donors (Lipinski definition) is 0. The van der Waals surface area contributed by atoms with Crippen LogP contribution in [-0.2, 0) is 0 Å². The summed E-state index contributed by atoms with van der Waals surface area (Å²) in [5, 5.41) is 10.1. The fraction of sp³-hybridized carbons (Fsp3) is 0.105. The molecule has 0 aliphatic carbocycles. The number of methoxy groups -OCH3 is 1. The minimum absolute atomic E-state index is 0.00427. The van der Waals surface area contributed by atoms with Crippen molar-refractivity contribution in [3.05, 3.63) is 65.9 Å². The summed E-state index contributed by atoms with van der Waals surface area (Å²) in [5.74, 6) is -2.06. The van der Waals surface area contributed by atoms with Gasteiger partial charge < -0.3 is 9.15 Å². The number of carbonyl (C=O) groups is 2. The van der Waals surface area contributed by atoms with Crippen LogP contribution in [0.3, 0.4) is 0 Å². The predicted molar refractivity (Wildman–Crippen MR) is 87.0 cm³/mol. The molecule has 1 heterocycles. The molecule has 0 N–H and O–H groups in total. The van der Waals surface area contributed by atoms with Crippen molar-refractivity contribution in [2.75, 3.05) is 7.11 Å². The van der Waals surface area contributed by atoms with Gasteiger partial charge in [-0.2, -0.15) is 5.26 Å². The van der Waals surface area contributed by atoms with Gasteiger partial charge in [0.05, 0.1) is 13.2 Å². The zero-order valence-electron chi connectivity index (χ0n) is 12.9. The van der Waals surface area contributed by atoms with Gasteiger partial charge in [0.2, 0.25) is 5.78 Å². The molecule has 0 radical (unpaired) electrons. The summed E-state index contributed by atoms with van der Waals surface area (Å²) in [7, 11) is 1.51. The first kappa shape index (κ1) is 15.5. The van der Waals surface area contributed by atoms with E-state index in [0.29, 0.717) is 11.3 Å². The van der Waals surface area contributed by atoms with Crippen LogP contribution in [0.15, 0.2) is 59.0 Å². The third kappa shape index (κ3) is 2.77. The van der Waals surface area contributed by atoms with Gasteiger partial charge in [0.1, 0.15) is 11.3 Å². The van der Waals surface area contributed by atoms with Crippen molar-refractivity contribution in [2.24, 2.45) is 5.92 Å². The Morgan fingerprint density at radius 3 is 2.42 bits per heavy atom. The van der Waals surface area contributed by atoms with Crippen molar-refractivity contribution in [1.29, 1.82) is 5.26 Å². The van der Waals surface area contributed by atoms with Crippen molar-refractivity contribution in [3.8, 4) is 11.8 Å². The smallest absolute Gasteiger partial charge is 0.223 e. The van der Waals surface area contributed by atoms with E-state index in [-0.39, 0.29) is 11.3 Å². The minimum atomic E-state index is -1.45. The van der Waals surface area contributed by atoms with E-state index in [0.717, 1.165) is 5.39 Å². The summed E-state index contributed by atoms with van der Waals surface area (Å²) in [5.41, 5.74) is 0.807. The van der Waals surface area contributed by atoms with Gasteiger partial charge in [-0.3, -0.25) is 9.59 Å². The number of rotatable bonds is 5. The van der Waals surface area contributed by atoms with Crippen LogP contribution < -0.4 is 4.74 Å². The van der Waals surface area contributed by atoms with E-state index in [1.165, 1.54) is 19.2 Å². The molecule has 24 heavy (non-hydrogen) atoms.